The van der Waals surface area contributed by atoms with Crippen molar-refractivity contribution < 1.29 is 19.5 Å². The molecule has 0 fully saturated rings. The Balaban J connectivity index is 0. The van der Waals surface area contributed by atoms with Crippen molar-refractivity contribution in [3.8, 4) is 0 Å². The van der Waals surface area contributed by atoms with Crippen LogP contribution in [0.3, 0.4) is 0 Å². The van der Waals surface area contributed by atoms with Crippen molar-refractivity contribution in [2.45, 2.75) is 12.5 Å². The predicted octanol–water partition coefficient (Wildman–Crippen LogP) is -2.19. The van der Waals surface area contributed by atoms with Crippen molar-refractivity contribution in [3.05, 3.63) is 0 Å². The van der Waals surface area contributed by atoms with E-state index in [1.807, 2.05) is 21.1 Å². The summed E-state index contributed by atoms with van der Waals surface area (Å²) in [7, 11) is 5.66. The molecule has 1 N–H and O–H groups in total. The third kappa shape index (κ3) is 10.3. The summed E-state index contributed by atoms with van der Waals surface area (Å²) in [4.78, 5) is 10.0. The number of hydrogen-bond acceptors (Lipinski definition) is 3. The number of hydrogen-bond donors (Lipinski definition) is 1. The van der Waals surface area contributed by atoms with Gasteiger partial charge in [0.1, 0.15) is 12.6 Å². The van der Waals surface area contributed by atoms with Gasteiger partial charge in [0.25, 0.3) is 0 Å². The fourth-order valence-electron chi connectivity index (χ4n) is 0.889. The van der Waals surface area contributed by atoms with Crippen molar-refractivity contribution in [2.24, 2.45) is 0 Å². The number of nitrogens with zero attached hydrogens (tertiary/aromatic N) is 1. The molecule has 12 heavy (non-hydrogen) atoms. The minimum atomic E-state index is -1.20. The van der Waals surface area contributed by atoms with Gasteiger partial charge in [-0.15, -0.1) is 0 Å². The largest absolute Gasteiger partial charge is 4.00 e. The van der Waals surface area contributed by atoms with Crippen LogP contribution in [-0.4, -0.2) is 76.6 Å². The molecule has 0 spiro atoms. The summed E-state index contributed by atoms with van der Waals surface area (Å²) in [5.74, 6) is -1.20. The third-order valence-electron chi connectivity index (χ3n) is 1.16. The SMILES string of the molecule is C[N+](C)(C)C[C@H](O)CC(=O)[O-].[Pb+4]. The van der Waals surface area contributed by atoms with Gasteiger partial charge in [-0.1, -0.05) is 0 Å². The summed E-state index contributed by atoms with van der Waals surface area (Å²) in [6.45, 7) is 0.425. The summed E-state index contributed by atoms with van der Waals surface area (Å²) < 4.78 is 0.550. The average molecular weight is 368 g/mol. The van der Waals surface area contributed by atoms with Crippen molar-refractivity contribution in [3.63, 3.8) is 0 Å². The van der Waals surface area contributed by atoms with Crippen molar-refractivity contribution in [1.29, 1.82) is 0 Å². The molecule has 0 aromatic rings. The zero-order valence-electron chi connectivity index (χ0n) is 7.70. The van der Waals surface area contributed by atoms with Crippen LogP contribution >= 0.6 is 0 Å². The molecule has 1 atom stereocenters. The second-order valence-corrected chi connectivity index (χ2v) is 3.70. The van der Waals surface area contributed by atoms with Crippen LogP contribution < -0.4 is 5.11 Å². The topological polar surface area (TPSA) is 60.4 Å². The van der Waals surface area contributed by atoms with Crippen LogP contribution in [0.5, 0.6) is 0 Å². The first-order valence-electron chi connectivity index (χ1n) is 3.49. The van der Waals surface area contributed by atoms with Gasteiger partial charge in [0.15, 0.2) is 0 Å². The quantitative estimate of drug-likeness (QED) is 0.453. The van der Waals surface area contributed by atoms with E-state index in [1.165, 1.54) is 0 Å². The molecule has 0 aromatic heterocycles. The molecule has 0 amide bonds. The molecule has 0 saturated heterocycles. The number of carboxylic acid groups (broad SMARTS) is 1. The number of carbonyl (C=O) groups is 1. The molecule has 0 radical (unpaired) electrons. The molecule has 4 nitrogen and oxygen atoms in total. The van der Waals surface area contributed by atoms with Crippen LogP contribution in [0.4, 0.5) is 0 Å². The molecule has 0 aliphatic carbocycles. The van der Waals surface area contributed by atoms with Crippen molar-refractivity contribution in [1.82, 2.24) is 0 Å². The molecule has 0 saturated carbocycles. The minimum absolute atomic E-state index is 0. The number of aliphatic carboxylic acids is 1. The van der Waals surface area contributed by atoms with E-state index in [2.05, 4.69) is 0 Å². The Labute approximate surface area is 92.9 Å². The van der Waals surface area contributed by atoms with Gasteiger partial charge in [0.2, 0.25) is 0 Å². The Kier molecular flexibility index (Phi) is 7.25. The Morgan fingerprint density at radius 2 is 1.92 bits per heavy atom. The van der Waals surface area contributed by atoms with Crippen LogP contribution in [0.25, 0.3) is 0 Å². The van der Waals surface area contributed by atoms with Gasteiger partial charge >= 0.3 is 27.3 Å². The molecular weight excluding hydrogens is 353 g/mol. The minimum Gasteiger partial charge on any atom is -0.550 e. The van der Waals surface area contributed by atoms with E-state index >= 15 is 0 Å². The molecular formula is C7H15NO3Pb+4. The number of carboxylic acids is 1. The second kappa shape index (κ2) is 5.87. The fourth-order valence-corrected chi connectivity index (χ4v) is 0.889. The molecule has 0 aromatic carbocycles. The van der Waals surface area contributed by atoms with Gasteiger partial charge in [-0.25, -0.2) is 0 Å². The Morgan fingerprint density at radius 3 is 2.17 bits per heavy atom. The van der Waals surface area contributed by atoms with Crippen LogP contribution in [0.2, 0.25) is 0 Å². The monoisotopic (exact) mass is 369 g/mol. The maximum Gasteiger partial charge on any atom is 4.00 e. The normalized spacial score (nSPS) is 13.3. The maximum absolute atomic E-state index is 10.0. The van der Waals surface area contributed by atoms with Crippen molar-refractivity contribution >= 4 is 33.3 Å². The number of carbonyl (C=O) groups excluding carboxylic acids is 1. The molecule has 0 aliphatic heterocycles. The van der Waals surface area contributed by atoms with E-state index < -0.39 is 12.1 Å². The number of aliphatic hydroxyl groups is 1. The van der Waals surface area contributed by atoms with Gasteiger partial charge in [-0.3, -0.25) is 0 Å². The van der Waals surface area contributed by atoms with E-state index in [-0.39, 0.29) is 33.7 Å². The molecule has 0 heterocycles. The standard InChI is InChI=1S/C7H15NO3.Pb/c1-8(2,3)5-6(9)4-7(10)11;/h6,9H,4-5H2,1-3H3;/q;+4/t6-;/m1./s1. The van der Waals surface area contributed by atoms with Gasteiger partial charge < -0.3 is 19.5 Å². The zero-order chi connectivity index (χ0) is 9.07. The van der Waals surface area contributed by atoms with E-state index in [0.29, 0.717) is 11.0 Å². The fraction of sp³-hybridized carbons (Fsp3) is 0.857. The molecule has 0 aliphatic rings. The van der Waals surface area contributed by atoms with Crippen LogP contribution in [-0.2, 0) is 4.79 Å². The smallest absolute Gasteiger partial charge is 0.550 e. The van der Waals surface area contributed by atoms with Crippen LogP contribution in [0.1, 0.15) is 6.42 Å². The number of rotatable bonds is 4. The summed E-state index contributed by atoms with van der Waals surface area (Å²) in [5, 5.41) is 19.1. The number of quaternary nitrogens is 1. The Bertz CT molecular complexity index is 144. The van der Waals surface area contributed by atoms with E-state index in [4.69, 9.17) is 5.11 Å². The summed E-state index contributed by atoms with van der Waals surface area (Å²) in [6.07, 6.45) is -1.09. The van der Waals surface area contributed by atoms with Crippen LogP contribution in [0.15, 0.2) is 0 Å². The molecule has 0 rings (SSSR count). The number of likely N-dealkylation sites (N-methyl/N-ethyl adjacent to an activating group) is 1. The van der Waals surface area contributed by atoms with E-state index in [0.717, 1.165) is 0 Å². The zero-order valence-corrected chi connectivity index (χ0v) is 11.6. The van der Waals surface area contributed by atoms with Gasteiger partial charge in [0, 0.05) is 12.4 Å². The molecule has 66 valence electrons. The first-order valence-corrected chi connectivity index (χ1v) is 3.49. The van der Waals surface area contributed by atoms with Gasteiger partial charge in [-0.2, -0.15) is 0 Å². The molecule has 5 heteroatoms. The summed E-state index contributed by atoms with van der Waals surface area (Å²) in [5.41, 5.74) is 0. The third-order valence-corrected chi connectivity index (χ3v) is 1.16. The van der Waals surface area contributed by atoms with E-state index in [1.54, 1.807) is 0 Å². The first kappa shape index (κ1) is 14.8. The molecule has 0 bridgehead atoms. The summed E-state index contributed by atoms with van der Waals surface area (Å²) >= 11 is 0. The van der Waals surface area contributed by atoms with Crippen molar-refractivity contribution in [2.75, 3.05) is 27.7 Å². The summed E-state index contributed by atoms with van der Waals surface area (Å²) in [6, 6.07) is 0. The first-order chi connectivity index (χ1) is 4.81. The average Bonchev–Trinajstić information content (AvgIpc) is 1.53. The molecule has 0 unspecified atom stereocenters. The predicted molar refractivity (Wildman–Crippen MR) is 44.3 cm³/mol. The maximum atomic E-state index is 10.0. The number of aliphatic hydroxyl groups excluding tert-OH is 1. The van der Waals surface area contributed by atoms with Gasteiger partial charge in [-0.05, 0) is 0 Å². The van der Waals surface area contributed by atoms with Crippen LogP contribution in [0, 0.1) is 0 Å². The Morgan fingerprint density at radius 1 is 1.50 bits per heavy atom. The second-order valence-electron chi connectivity index (χ2n) is 3.70. The van der Waals surface area contributed by atoms with E-state index in [9.17, 15) is 9.90 Å². The van der Waals surface area contributed by atoms with Gasteiger partial charge in [0.05, 0.1) is 21.1 Å². The Hall–Kier alpha value is 0.312.